The van der Waals surface area contributed by atoms with Gasteiger partial charge >= 0.3 is 0 Å². The summed E-state index contributed by atoms with van der Waals surface area (Å²) in [4.78, 5) is 0. The molecule has 2 aromatic carbocycles. The molecule has 0 spiro atoms. The lowest BCUT2D eigenvalue weighted by Crippen LogP contribution is -2.40. The van der Waals surface area contributed by atoms with E-state index < -0.39 is 17.7 Å². The van der Waals surface area contributed by atoms with Crippen LogP contribution in [0.3, 0.4) is 0 Å². The molecule has 6 heteroatoms. The summed E-state index contributed by atoms with van der Waals surface area (Å²) < 4.78 is 35.1. The summed E-state index contributed by atoms with van der Waals surface area (Å²) >= 11 is 0. The zero-order valence-electron chi connectivity index (χ0n) is 19.1. The molecule has 2 aliphatic rings. The Bertz CT molecular complexity index is 1230. The summed E-state index contributed by atoms with van der Waals surface area (Å²) in [5.74, 6) is -2.37. The Labute approximate surface area is 192 Å². The maximum Gasteiger partial charge on any atom is 0.200 e. The summed E-state index contributed by atoms with van der Waals surface area (Å²) in [6.07, 6.45) is 6.61. The number of methoxy groups -OCH3 is 1. The maximum absolute atomic E-state index is 14.2. The van der Waals surface area contributed by atoms with Crippen LogP contribution in [0.25, 0.3) is 11.8 Å². The number of hydrogen-bond donors (Lipinski definition) is 1. The van der Waals surface area contributed by atoms with Crippen molar-refractivity contribution >= 4 is 6.08 Å². The van der Waals surface area contributed by atoms with E-state index in [2.05, 4.69) is 49.3 Å². The van der Waals surface area contributed by atoms with Crippen LogP contribution in [0.15, 0.2) is 48.2 Å². The normalized spacial score (nSPS) is 22.8. The minimum atomic E-state index is -1.03. The Kier molecular flexibility index (Phi) is 5.36. The average Bonchev–Trinajstić information content (AvgIpc) is 3.20. The smallest absolute Gasteiger partial charge is 0.200 e. The van der Waals surface area contributed by atoms with Crippen molar-refractivity contribution in [2.24, 2.45) is 11.3 Å². The fraction of sp³-hybridized carbons (Fsp3) is 0.370. The Balaban J connectivity index is 1.52. The quantitative estimate of drug-likeness (QED) is 0.535. The number of aliphatic hydroxyl groups excluding tert-OH is 1. The second-order valence-electron chi connectivity index (χ2n) is 9.53. The van der Waals surface area contributed by atoms with Crippen LogP contribution in [0.2, 0.25) is 0 Å². The first kappa shape index (κ1) is 21.8. The number of allylic oxidation sites excluding steroid dienone is 1. The molecule has 1 saturated carbocycles. The van der Waals surface area contributed by atoms with Crippen molar-refractivity contribution in [3.05, 3.63) is 82.2 Å². The number of halogens is 2. The topological polar surface area (TPSA) is 47.3 Å². The van der Waals surface area contributed by atoms with Crippen molar-refractivity contribution in [2.75, 3.05) is 7.11 Å². The van der Waals surface area contributed by atoms with E-state index in [4.69, 9.17) is 4.74 Å². The van der Waals surface area contributed by atoms with Gasteiger partial charge in [-0.15, -0.1) is 0 Å². The molecule has 5 rings (SSSR count). The van der Waals surface area contributed by atoms with Crippen molar-refractivity contribution in [3.8, 4) is 11.4 Å². The van der Waals surface area contributed by atoms with E-state index in [9.17, 15) is 13.9 Å². The molecule has 0 saturated heterocycles. The fourth-order valence-corrected chi connectivity index (χ4v) is 5.61. The zero-order chi connectivity index (χ0) is 23.3. The number of rotatable bonds is 4. The van der Waals surface area contributed by atoms with E-state index in [1.54, 1.807) is 0 Å². The highest BCUT2D eigenvalue weighted by Crippen LogP contribution is 2.55. The predicted molar refractivity (Wildman–Crippen MR) is 123 cm³/mol. The van der Waals surface area contributed by atoms with Crippen molar-refractivity contribution in [2.45, 2.75) is 45.6 Å². The lowest BCUT2D eigenvalue weighted by molar-refractivity contribution is 0.0213. The van der Waals surface area contributed by atoms with Gasteiger partial charge in [0.05, 0.1) is 30.8 Å². The van der Waals surface area contributed by atoms with Crippen LogP contribution in [0.5, 0.6) is 5.75 Å². The highest BCUT2D eigenvalue weighted by molar-refractivity contribution is 5.61. The van der Waals surface area contributed by atoms with Gasteiger partial charge in [0.1, 0.15) is 0 Å². The molecule has 3 aromatic rings. The van der Waals surface area contributed by atoms with Crippen LogP contribution >= 0.6 is 0 Å². The number of hydrogen-bond acceptors (Lipinski definition) is 3. The van der Waals surface area contributed by atoms with Crippen LogP contribution in [-0.4, -0.2) is 22.0 Å². The molecule has 0 radical (unpaired) electrons. The van der Waals surface area contributed by atoms with E-state index in [1.807, 2.05) is 10.9 Å². The minimum Gasteiger partial charge on any atom is -0.494 e. The first-order valence-electron chi connectivity index (χ1n) is 11.4. The van der Waals surface area contributed by atoms with Gasteiger partial charge in [0.15, 0.2) is 11.6 Å². The van der Waals surface area contributed by atoms with Crippen LogP contribution < -0.4 is 4.74 Å². The van der Waals surface area contributed by atoms with Crippen molar-refractivity contribution in [1.82, 2.24) is 9.78 Å². The first-order valence-corrected chi connectivity index (χ1v) is 11.4. The van der Waals surface area contributed by atoms with E-state index in [0.29, 0.717) is 5.56 Å². The molecule has 3 atom stereocenters. The first-order chi connectivity index (χ1) is 15.8. The number of aromatic nitrogens is 2. The van der Waals surface area contributed by atoms with Gasteiger partial charge in [0.2, 0.25) is 5.82 Å². The third kappa shape index (κ3) is 3.57. The summed E-state index contributed by atoms with van der Waals surface area (Å²) in [5.41, 5.74) is 5.74. The highest BCUT2D eigenvalue weighted by atomic mass is 19.2. The van der Waals surface area contributed by atoms with Crippen LogP contribution in [0, 0.1) is 29.9 Å². The monoisotopic (exact) mass is 450 g/mol. The molecule has 1 aromatic heterocycles. The van der Waals surface area contributed by atoms with Gasteiger partial charge in [-0.1, -0.05) is 30.2 Å². The molecule has 172 valence electrons. The summed E-state index contributed by atoms with van der Waals surface area (Å²) in [5, 5.41) is 16.0. The van der Waals surface area contributed by atoms with Gasteiger partial charge in [-0.25, -0.2) is 9.07 Å². The maximum atomic E-state index is 14.2. The zero-order valence-corrected chi connectivity index (χ0v) is 19.1. The third-order valence-corrected chi connectivity index (χ3v) is 7.51. The Morgan fingerprint density at radius 3 is 2.70 bits per heavy atom. The molecule has 4 nitrogen and oxygen atoms in total. The Morgan fingerprint density at radius 2 is 1.97 bits per heavy atom. The van der Waals surface area contributed by atoms with E-state index in [0.717, 1.165) is 48.7 Å². The molecule has 0 unspecified atom stereocenters. The molecular formula is C27H28F2N2O2. The van der Waals surface area contributed by atoms with Crippen molar-refractivity contribution in [3.63, 3.8) is 0 Å². The number of fused-ring (bicyclic) bond motifs is 2. The lowest BCUT2D eigenvalue weighted by Gasteiger charge is -2.47. The molecule has 2 aliphatic carbocycles. The van der Waals surface area contributed by atoms with Gasteiger partial charge in [0.25, 0.3) is 0 Å². The van der Waals surface area contributed by atoms with E-state index in [1.165, 1.54) is 24.3 Å². The van der Waals surface area contributed by atoms with Crippen LogP contribution in [0.4, 0.5) is 8.78 Å². The second kappa shape index (κ2) is 8.10. The molecular weight excluding hydrogens is 422 g/mol. The molecule has 0 bridgehead atoms. The molecule has 1 fully saturated rings. The number of benzene rings is 2. The Hall–Kier alpha value is -2.99. The summed E-state index contributed by atoms with van der Waals surface area (Å²) in [7, 11) is 1.30. The molecule has 0 aliphatic heterocycles. The van der Waals surface area contributed by atoms with E-state index in [-0.39, 0.29) is 17.1 Å². The van der Waals surface area contributed by atoms with Gasteiger partial charge < -0.3 is 9.84 Å². The van der Waals surface area contributed by atoms with Gasteiger partial charge in [0, 0.05) is 0 Å². The Morgan fingerprint density at radius 1 is 1.21 bits per heavy atom. The molecule has 0 amide bonds. The third-order valence-electron chi connectivity index (χ3n) is 7.51. The predicted octanol–water partition coefficient (Wildman–Crippen LogP) is 5.95. The standard InChI is InChI=1S/C27H28F2N2O2/c1-16-7-9-20(10-8-16)31-23-13-19-5-4-6-21(27(19,2)14-18(23)15-30-31)26(32)17-11-22(28)25(29)24(12-17)33-3/h7-13,15,21,26,32H,4-6,14H2,1-3H3/t21-,26+,27+/m1/s1. The number of ether oxygens (including phenoxy) is 1. The van der Waals surface area contributed by atoms with Gasteiger partial charge in [-0.2, -0.15) is 9.49 Å². The fourth-order valence-electron chi connectivity index (χ4n) is 5.61. The number of nitrogens with zero attached hydrogens (tertiary/aromatic N) is 2. The molecule has 1 N–H and O–H groups in total. The summed E-state index contributed by atoms with van der Waals surface area (Å²) in [6, 6.07) is 10.8. The largest absolute Gasteiger partial charge is 0.494 e. The van der Waals surface area contributed by atoms with Gasteiger partial charge in [-0.05, 0) is 85.4 Å². The van der Waals surface area contributed by atoms with E-state index >= 15 is 0 Å². The molecule has 33 heavy (non-hydrogen) atoms. The number of aliphatic hydroxyl groups is 1. The average molecular weight is 451 g/mol. The van der Waals surface area contributed by atoms with Gasteiger partial charge in [-0.3, -0.25) is 0 Å². The van der Waals surface area contributed by atoms with Crippen LogP contribution in [0.1, 0.15) is 54.7 Å². The van der Waals surface area contributed by atoms with Crippen molar-refractivity contribution < 1.29 is 18.6 Å². The minimum absolute atomic E-state index is 0.136. The van der Waals surface area contributed by atoms with Crippen molar-refractivity contribution in [1.29, 1.82) is 0 Å². The summed E-state index contributed by atoms with van der Waals surface area (Å²) in [6.45, 7) is 4.24. The van der Waals surface area contributed by atoms with Crippen LogP contribution in [-0.2, 0) is 6.42 Å². The number of aryl methyl sites for hydroxylation is 1. The highest BCUT2D eigenvalue weighted by Gasteiger charge is 2.46. The second-order valence-corrected chi connectivity index (χ2v) is 9.53. The molecule has 1 heterocycles. The lowest BCUT2D eigenvalue weighted by atomic mass is 9.57. The SMILES string of the molecule is COc1cc([C@H](O)[C@H]2CCCC3=Cc4c(cnn4-c4ccc(C)cc4)C[C@@]32C)cc(F)c1F.